The average Bonchev–Trinajstić information content (AvgIpc) is 3.61. The van der Waals surface area contributed by atoms with Gasteiger partial charge in [0.05, 0.1) is 23.4 Å². The Morgan fingerprint density at radius 2 is 1.76 bits per heavy atom. The highest BCUT2D eigenvalue weighted by atomic mass is 32.1. The lowest BCUT2D eigenvalue weighted by molar-refractivity contribution is 0.200. The SMILES string of the molecule is COc1cc(C(c2nnnn2CCc2ccccc2)N2CCN(c3nc4ccccc4s3)CC2)ccc1O. The maximum atomic E-state index is 10.2. The maximum Gasteiger partial charge on any atom is 0.186 e. The smallest absolute Gasteiger partial charge is 0.186 e. The van der Waals surface area contributed by atoms with Crippen LogP contribution in [0.5, 0.6) is 11.5 Å². The first-order chi connectivity index (χ1) is 18.7. The van der Waals surface area contributed by atoms with Gasteiger partial charge >= 0.3 is 0 Å². The van der Waals surface area contributed by atoms with Gasteiger partial charge in [-0.1, -0.05) is 59.9 Å². The Bertz CT molecular complexity index is 1480. The second-order valence-electron chi connectivity index (χ2n) is 9.32. The highest BCUT2D eigenvalue weighted by molar-refractivity contribution is 7.22. The number of hydrogen-bond acceptors (Lipinski definition) is 9. The van der Waals surface area contributed by atoms with E-state index in [1.165, 1.54) is 10.3 Å². The van der Waals surface area contributed by atoms with Crippen LogP contribution in [-0.2, 0) is 13.0 Å². The Morgan fingerprint density at radius 1 is 0.974 bits per heavy atom. The average molecular weight is 528 g/mol. The van der Waals surface area contributed by atoms with Crippen molar-refractivity contribution in [2.24, 2.45) is 0 Å². The zero-order chi connectivity index (χ0) is 25.9. The Kier molecular flexibility index (Phi) is 6.89. The van der Waals surface area contributed by atoms with Crippen LogP contribution in [0.3, 0.4) is 0 Å². The van der Waals surface area contributed by atoms with Gasteiger partial charge in [-0.3, -0.25) is 4.90 Å². The summed E-state index contributed by atoms with van der Waals surface area (Å²) < 4.78 is 8.54. The molecular weight excluding hydrogens is 498 g/mol. The number of fused-ring (bicyclic) bond motifs is 1. The van der Waals surface area contributed by atoms with Crippen molar-refractivity contribution in [2.45, 2.75) is 19.0 Å². The molecule has 1 fully saturated rings. The number of aromatic hydroxyl groups is 1. The van der Waals surface area contributed by atoms with Gasteiger partial charge in [0.1, 0.15) is 0 Å². The van der Waals surface area contributed by atoms with Crippen molar-refractivity contribution >= 4 is 26.7 Å². The van der Waals surface area contributed by atoms with E-state index in [9.17, 15) is 5.11 Å². The molecule has 1 unspecified atom stereocenters. The molecular formula is C28H29N7O2S. The van der Waals surface area contributed by atoms with E-state index in [1.54, 1.807) is 24.5 Å². The molecule has 38 heavy (non-hydrogen) atoms. The summed E-state index contributed by atoms with van der Waals surface area (Å²) in [6.07, 6.45) is 0.829. The zero-order valence-corrected chi connectivity index (χ0v) is 22.0. The lowest BCUT2D eigenvalue weighted by Gasteiger charge is -2.38. The molecule has 10 heteroatoms. The number of methoxy groups -OCH3 is 1. The summed E-state index contributed by atoms with van der Waals surface area (Å²) >= 11 is 1.74. The van der Waals surface area contributed by atoms with Crippen molar-refractivity contribution in [3.8, 4) is 11.5 Å². The van der Waals surface area contributed by atoms with E-state index in [2.05, 4.69) is 55.7 Å². The summed E-state index contributed by atoms with van der Waals surface area (Å²) in [5.74, 6) is 1.32. The molecule has 0 aliphatic carbocycles. The fraction of sp³-hybridized carbons (Fsp3) is 0.286. The Morgan fingerprint density at radius 3 is 2.55 bits per heavy atom. The largest absolute Gasteiger partial charge is 0.504 e. The quantitative estimate of drug-likeness (QED) is 0.322. The second-order valence-corrected chi connectivity index (χ2v) is 10.3. The zero-order valence-electron chi connectivity index (χ0n) is 21.1. The van der Waals surface area contributed by atoms with Gasteiger partial charge in [0.2, 0.25) is 0 Å². The third-order valence-electron chi connectivity index (χ3n) is 7.01. The third kappa shape index (κ3) is 4.92. The van der Waals surface area contributed by atoms with Crippen molar-refractivity contribution in [2.75, 3.05) is 38.2 Å². The van der Waals surface area contributed by atoms with Crippen LogP contribution >= 0.6 is 11.3 Å². The minimum atomic E-state index is -0.187. The molecule has 6 rings (SSSR count). The van der Waals surface area contributed by atoms with Crippen LogP contribution in [0.1, 0.15) is 23.0 Å². The fourth-order valence-electron chi connectivity index (χ4n) is 5.00. The number of thiazole rings is 1. The van der Waals surface area contributed by atoms with Gasteiger partial charge in [-0.25, -0.2) is 9.67 Å². The van der Waals surface area contributed by atoms with Gasteiger partial charge in [0, 0.05) is 32.7 Å². The molecule has 0 amide bonds. The molecule has 0 radical (unpaired) electrons. The third-order valence-corrected chi connectivity index (χ3v) is 8.11. The number of phenolic OH excluding ortho intramolecular Hbond substituents is 1. The van der Waals surface area contributed by atoms with Crippen molar-refractivity contribution in [1.82, 2.24) is 30.1 Å². The summed E-state index contributed by atoms with van der Waals surface area (Å²) in [5.41, 5.74) is 3.26. The number of piperazine rings is 1. The van der Waals surface area contributed by atoms with Gasteiger partial charge in [0.25, 0.3) is 0 Å². The van der Waals surface area contributed by atoms with E-state index >= 15 is 0 Å². The van der Waals surface area contributed by atoms with E-state index < -0.39 is 0 Å². The summed E-state index contributed by atoms with van der Waals surface area (Å²) in [5, 5.41) is 24.2. The second kappa shape index (κ2) is 10.8. The molecule has 0 bridgehead atoms. The van der Waals surface area contributed by atoms with Crippen LogP contribution in [0, 0.1) is 0 Å². The predicted octanol–water partition coefficient (Wildman–Crippen LogP) is 4.15. The van der Waals surface area contributed by atoms with Gasteiger partial charge < -0.3 is 14.7 Å². The fourth-order valence-corrected chi connectivity index (χ4v) is 6.02. The number of tetrazole rings is 1. The van der Waals surface area contributed by atoms with Crippen LogP contribution in [0.25, 0.3) is 10.2 Å². The van der Waals surface area contributed by atoms with Gasteiger partial charge in [-0.15, -0.1) is 5.10 Å². The van der Waals surface area contributed by atoms with Gasteiger partial charge in [0.15, 0.2) is 22.5 Å². The molecule has 3 aromatic carbocycles. The molecule has 9 nitrogen and oxygen atoms in total. The maximum absolute atomic E-state index is 10.2. The first-order valence-electron chi connectivity index (χ1n) is 12.7. The van der Waals surface area contributed by atoms with Crippen LogP contribution in [0.2, 0.25) is 0 Å². The highest BCUT2D eigenvalue weighted by Gasteiger charge is 2.32. The summed E-state index contributed by atoms with van der Waals surface area (Å²) in [6, 6.07) is 23.9. The van der Waals surface area contributed by atoms with Crippen molar-refractivity contribution in [3.05, 3.63) is 89.7 Å². The Hall–Kier alpha value is -4.02. The molecule has 2 aromatic heterocycles. The van der Waals surface area contributed by atoms with Crippen LogP contribution in [0.4, 0.5) is 5.13 Å². The molecule has 1 aliphatic rings. The number of nitrogens with zero attached hydrogens (tertiary/aromatic N) is 7. The lowest BCUT2D eigenvalue weighted by atomic mass is 10.0. The molecule has 1 N–H and O–H groups in total. The van der Waals surface area contributed by atoms with E-state index in [0.29, 0.717) is 12.3 Å². The number of aryl methyl sites for hydroxylation is 2. The molecule has 194 valence electrons. The normalized spacial score (nSPS) is 15.1. The van der Waals surface area contributed by atoms with Crippen molar-refractivity contribution in [1.29, 1.82) is 0 Å². The molecule has 1 aliphatic heterocycles. The number of benzene rings is 3. The molecule has 1 atom stereocenters. The number of phenols is 1. The number of aromatic nitrogens is 5. The summed E-state index contributed by atoms with van der Waals surface area (Å²) in [4.78, 5) is 9.62. The Labute approximate surface area is 224 Å². The van der Waals surface area contributed by atoms with Crippen molar-refractivity contribution in [3.63, 3.8) is 0 Å². The van der Waals surface area contributed by atoms with Crippen LogP contribution < -0.4 is 9.64 Å². The van der Waals surface area contributed by atoms with Gasteiger partial charge in [-0.05, 0) is 52.2 Å². The number of anilines is 1. The van der Waals surface area contributed by atoms with Crippen molar-refractivity contribution < 1.29 is 9.84 Å². The minimum Gasteiger partial charge on any atom is -0.504 e. The van der Waals surface area contributed by atoms with Gasteiger partial charge in [-0.2, -0.15) is 0 Å². The van der Waals surface area contributed by atoms with E-state index in [1.807, 2.05) is 41.1 Å². The van der Waals surface area contributed by atoms with Crippen LogP contribution in [-0.4, -0.2) is 68.5 Å². The highest BCUT2D eigenvalue weighted by Crippen LogP contribution is 2.35. The summed E-state index contributed by atoms with van der Waals surface area (Å²) in [7, 11) is 1.56. The summed E-state index contributed by atoms with van der Waals surface area (Å²) in [6.45, 7) is 3.99. The minimum absolute atomic E-state index is 0.110. The molecule has 0 spiro atoms. The van der Waals surface area contributed by atoms with E-state index in [-0.39, 0.29) is 11.8 Å². The molecule has 0 saturated carbocycles. The lowest BCUT2D eigenvalue weighted by Crippen LogP contribution is -2.48. The van der Waals surface area contributed by atoms with E-state index in [4.69, 9.17) is 9.72 Å². The standard InChI is InChI=1S/C28H29N7O2S/c1-37-24-19-21(11-12-23(24)36)26(27-30-31-32-35(27)14-13-20-7-3-2-4-8-20)33-15-17-34(18-16-33)28-29-22-9-5-6-10-25(22)38-28/h2-12,19,26,36H,13-18H2,1H3. The number of para-hydroxylation sites is 1. The molecule has 3 heterocycles. The predicted molar refractivity (Wildman–Crippen MR) is 148 cm³/mol. The molecule has 1 saturated heterocycles. The van der Waals surface area contributed by atoms with E-state index in [0.717, 1.165) is 54.6 Å². The number of hydrogen-bond donors (Lipinski definition) is 1. The van der Waals surface area contributed by atoms with Crippen LogP contribution in [0.15, 0.2) is 72.8 Å². The topological polar surface area (TPSA) is 92.4 Å². The number of ether oxygens (including phenoxy) is 1. The monoisotopic (exact) mass is 527 g/mol. The first-order valence-corrected chi connectivity index (χ1v) is 13.5. The first kappa shape index (κ1) is 24.3. The molecule has 5 aromatic rings. The number of rotatable bonds is 8. The Balaban J connectivity index is 1.27.